The maximum absolute atomic E-state index is 13.4. The highest BCUT2D eigenvalue weighted by Crippen LogP contribution is 2.28. The van der Waals surface area contributed by atoms with E-state index in [0.717, 1.165) is 37.0 Å². The lowest BCUT2D eigenvalue weighted by Crippen LogP contribution is -2.52. The summed E-state index contributed by atoms with van der Waals surface area (Å²) in [6.45, 7) is 4.11. The lowest BCUT2D eigenvalue weighted by atomic mass is 9.84. The maximum atomic E-state index is 13.4. The van der Waals surface area contributed by atoms with Crippen molar-refractivity contribution in [3.05, 3.63) is 60.1 Å². The fourth-order valence-electron chi connectivity index (χ4n) is 4.66. The zero-order valence-electron chi connectivity index (χ0n) is 21.9. The minimum absolute atomic E-state index is 0.00503. The van der Waals surface area contributed by atoms with Gasteiger partial charge in [-0.05, 0) is 42.4 Å². The van der Waals surface area contributed by atoms with Gasteiger partial charge in [0.1, 0.15) is 18.4 Å². The van der Waals surface area contributed by atoms with Crippen LogP contribution in [0.1, 0.15) is 70.1 Å². The van der Waals surface area contributed by atoms with Gasteiger partial charge in [-0.25, -0.2) is 4.79 Å². The van der Waals surface area contributed by atoms with Gasteiger partial charge in [0.25, 0.3) is 0 Å². The van der Waals surface area contributed by atoms with E-state index in [1.54, 1.807) is 6.26 Å². The van der Waals surface area contributed by atoms with Crippen molar-refractivity contribution in [2.24, 2.45) is 11.8 Å². The first-order valence-electron chi connectivity index (χ1n) is 13.3. The first-order valence-corrected chi connectivity index (χ1v) is 14.5. The fraction of sp³-hybridized carbons (Fsp3) is 0.552. The van der Waals surface area contributed by atoms with Gasteiger partial charge >= 0.3 is 6.09 Å². The predicted molar refractivity (Wildman–Crippen MR) is 146 cm³/mol. The smallest absolute Gasteiger partial charge is 0.408 e. The van der Waals surface area contributed by atoms with E-state index in [4.69, 9.17) is 9.15 Å². The van der Waals surface area contributed by atoms with E-state index in [9.17, 15) is 14.4 Å². The number of carbonyl (C=O) groups excluding carboxylic acids is 3. The number of furan rings is 1. The summed E-state index contributed by atoms with van der Waals surface area (Å²) in [7, 11) is 0. The molecule has 1 aromatic heterocycles. The minimum Gasteiger partial charge on any atom is -0.468 e. The largest absolute Gasteiger partial charge is 0.468 e. The molecule has 3 rings (SSSR count). The molecule has 0 radical (unpaired) electrons. The van der Waals surface area contributed by atoms with Crippen LogP contribution in [-0.2, 0) is 26.7 Å². The third-order valence-electron chi connectivity index (χ3n) is 6.60. The van der Waals surface area contributed by atoms with E-state index in [0.29, 0.717) is 30.3 Å². The Morgan fingerprint density at radius 3 is 2.43 bits per heavy atom. The molecule has 1 fully saturated rings. The molecular formula is C29H40N2O5S. The molecule has 1 aromatic carbocycles. The van der Waals surface area contributed by atoms with Crippen LogP contribution in [0.25, 0.3) is 0 Å². The number of ether oxygens (including phenoxy) is 1. The monoisotopic (exact) mass is 528 g/mol. The Morgan fingerprint density at radius 1 is 1.00 bits per heavy atom. The SMILES string of the molecule is CC(C)CC(NC(=O)OCc1ccccc1)C(=O)NC(CC1CCCCC1)C(=O)CSCc1ccco1. The number of Topliss-reactive ketones (excluding diaryl/α,β-unsaturated/α-hetero) is 1. The number of thioether (sulfide) groups is 1. The molecule has 2 N–H and O–H groups in total. The highest BCUT2D eigenvalue weighted by molar-refractivity contribution is 7.99. The van der Waals surface area contributed by atoms with Crippen molar-refractivity contribution in [3.63, 3.8) is 0 Å². The number of ketones is 1. The molecule has 1 heterocycles. The van der Waals surface area contributed by atoms with Gasteiger partial charge in [-0.3, -0.25) is 9.59 Å². The molecule has 202 valence electrons. The summed E-state index contributed by atoms with van der Waals surface area (Å²) in [5.74, 6) is 1.97. The maximum Gasteiger partial charge on any atom is 0.408 e. The molecule has 2 aromatic rings. The summed E-state index contributed by atoms with van der Waals surface area (Å²) in [4.78, 5) is 39.1. The molecule has 0 bridgehead atoms. The molecule has 2 unspecified atom stereocenters. The molecule has 8 heteroatoms. The summed E-state index contributed by atoms with van der Waals surface area (Å²) >= 11 is 1.49. The average Bonchev–Trinajstić information content (AvgIpc) is 3.41. The second-order valence-electron chi connectivity index (χ2n) is 10.2. The minimum atomic E-state index is -0.777. The van der Waals surface area contributed by atoms with Crippen LogP contribution in [0.4, 0.5) is 4.79 Å². The number of hydrogen-bond donors (Lipinski definition) is 2. The summed E-state index contributed by atoms with van der Waals surface area (Å²) in [6, 6.07) is 11.8. The number of carbonyl (C=O) groups is 3. The average molecular weight is 529 g/mol. The van der Waals surface area contributed by atoms with Gasteiger partial charge in [0, 0.05) is 0 Å². The summed E-state index contributed by atoms with van der Waals surface area (Å²) in [5.41, 5.74) is 0.868. The molecule has 0 saturated heterocycles. The number of amides is 2. The zero-order valence-corrected chi connectivity index (χ0v) is 22.8. The molecule has 7 nitrogen and oxygen atoms in total. The van der Waals surface area contributed by atoms with Gasteiger partial charge in [0.05, 0.1) is 23.8 Å². The topological polar surface area (TPSA) is 97.6 Å². The number of hydrogen-bond acceptors (Lipinski definition) is 6. The van der Waals surface area contributed by atoms with Gasteiger partial charge in [-0.2, -0.15) is 0 Å². The first kappa shape index (κ1) is 28.8. The fourth-order valence-corrected chi connectivity index (χ4v) is 5.53. The van der Waals surface area contributed by atoms with E-state index in [1.807, 2.05) is 56.3 Å². The van der Waals surface area contributed by atoms with Crippen molar-refractivity contribution in [1.82, 2.24) is 10.6 Å². The molecule has 1 saturated carbocycles. The molecule has 2 atom stereocenters. The van der Waals surface area contributed by atoms with Crippen LogP contribution in [0.5, 0.6) is 0 Å². The second-order valence-corrected chi connectivity index (χ2v) is 11.2. The highest BCUT2D eigenvalue weighted by atomic mass is 32.2. The van der Waals surface area contributed by atoms with E-state index >= 15 is 0 Å². The lowest BCUT2D eigenvalue weighted by molar-refractivity contribution is -0.128. The van der Waals surface area contributed by atoms with Crippen LogP contribution >= 0.6 is 11.8 Å². The third-order valence-corrected chi connectivity index (χ3v) is 7.57. The Labute approximate surface area is 224 Å². The van der Waals surface area contributed by atoms with Crippen molar-refractivity contribution in [2.75, 3.05) is 5.75 Å². The third kappa shape index (κ3) is 10.6. The molecule has 2 amide bonds. The normalized spacial score (nSPS) is 15.6. The summed E-state index contributed by atoms with van der Waals surface area (Å²) in [6.07, 6.45) is 7.78. The van der Waals surface area contributed by atoms with Crippen LogP contribution in [-0.4, -0.2) is 35.6 Å². The summed E-state index contributed by atoms with van der Waals surface area (Å²) in [5, 5.41) is 5.72. The van der Waals surface area contributed by atoms with E-state index in [1.165, 1.54) is 18.2 Å². The standard InChI is InChI=1S/C29H40N2O5S/c1-21(2)16-26(31-29(34)36-18-23-12-7-4-8-13-23)28(33)30-25(17-22-10-5-3-6-11-22)27(32)20-37-19-24-14-9-15-35-24/h4,7-9,12-15,21-22,25-26H,3,5-6,10-11,16-20H2,1-2H3,(H,30,33)(H,31,34). The Bertz CT molecular complexity index is 958. The van der Waals surface area contributed by atoms with Crippen molar-refractivity contribution >= 4 is 29.5 Å². The Morgan fingerprint density at radius 2 is 1.76 bits per heavy atom. The van der Waals surface area contributed by atoms with Crippen molar-refractivity contribution in [3.8, 4) is 0 Å². The summed E-state index contributed by atoms with van der Waals surface area (Å²) < 4.78 is 10.7. The van der Waals surface area contributed by atoms with Gasteiger partial charge in [0.2, 0.25) is 5.91 Å². The van der Waals surface area contributed by atoms with Crippen molar-refractivity contribution in [2.45, 2.75) is 83.2 Å². The number of benzene rings is 1. The van der Waals surface area contributed by atoms with Crippen molar-refractivity contribution < 1.29 is 23.5 Å². The van der Waals surface area contributed by atoms with Crippen molar-refractivity contribution in [1.29, 1.82) is 0 Å². The lowest BCUT2D eigenvalue weighted by Gasteiger charge is -2.28. The quantitative estimate of drug-likeness (QED) is 0.318. The van der Waals surface area contributed by atoms with Gasteiger partial charge in [-0.1, -0.05) is 76.3 Å². The number of alkyl carbamates (subject to hydrolysis) is 1. The molecule has 0 aliphatic heterocycles. The molecule has 0 spiro atoms. The van der Waals surface area contributed by atoms with Crippen LogP contribution < -0.4 is 10.6 Å². The number of rotatable bonds is 14. The Balaban J connectivity index is 1.59. The van der Waals surface area contributed by atoms with E-state index in [2.05, 4.69) is 10.6 Å². The van der Waals surface area contributed by atoms with E-state index in [-0.39, 0.29) is 24.2 Å². The zero-order chi connectivity index (χ0) is 26.5. The van der Waals surface area contributed by atoms with E-state index < -0.39 is 18.2 Å². The molecule has 1 aliphatic rings. The molecular weight excluding hydrogens is 488 g/mol. The second kappa shape index (κ2) is 15.5. The predicted octanol–water partition coefficient (Wildman–Crippen LogP) is 5.88. The van der Waals surface area contributed by atoms with Gasteiger partial charge < -0.3 is 19.8 Å². The molecule has 37 heavy (non-hydrogen) atoms. The molecule has 1 aliphatic carbocycles. The Hall–Kier alpha value is -2.74. The van der Waals surface area contributed by atoms with Gasteiger partial charge in [-0.15, -0.1) is 11.8 Å². The highest BCUT2D eigenvalue weighted by Gasteiger charge is 2.30. The van der Waals surface area contributed by atoms with Gasteiger partial charge in [0.15, 0.2) is 5.78 Å². The number of nitrogens with one attached hydrogen (secondary N) is 2. The Kier molecular flexibility index (Phi) is 12.1. The first-order chi connectivity index (χ1) is 17.9. The van der Waals surface area contributed by atoms with Crippen LogP contribution in [0, 0.1) is 11.8 Å². The van der Waals surface area contributed by atoms with Crippen LogP contribution in [0.15, 0.2) is 53.1 Å². The van der Waals surface area contributed by atoms with Crippen LogP contribution in [0.2, 0.25) is 0 Å². The van der Waals surface area contributed by atoms with Crippen LogP contribution in [0.3, 0.4) is 0 Å².